The minimum absolute atomic E-state index is 0.0749. The molecule has 2 unspecified atom stereocenters. The summed E-state index contributed by atoms with van der Waals surface area (Å²) < 4.78 is 5.61. The molecule has 0 aromatic carbocycles. The third-order valence-electron chi connectivity index (χ3n) is 5.06. The monoisotopic (exact) mass is 324 g/mol. The van der Waals surface area contributed by atoms with Crippen molar-refractivity contribution in [2.24, 2.45) is 15.8 Å². The highest BCUT2D eigenvalue weighted by atomic mass is 16.5. The number of ether oxygens (including phenoxy) is 1. The Kier molecular flexibility index (Phi) is 5.55. The van der Waals surface area contributed by atoms with Gasteiger partial charge < -0.3 is 20.3 Å². The van der Waals surface area contributed by atoms with Crippen molar-refractivity contribution in [3.63, 3.8) is 0 Å². The third-order valence-corrected chi connectivity index (χ3v) is 5.06. The van der Waals surface area contributed by atoms with Crippen molar-refractivity contribution >= 4 is 11.9 Å². The van der Waals surface area contributed by atoms with E-state index in [0.29, 0.717) is 6.42 Å². The predicted octanol–water partition coefficient (Wildman–Crippen LogP) is 1.23. The zero-order chi connectivity index (χ0) is 17.1. The van der Waals surface area contributed by atoms with E-state index in [-0.39, 0.29) is 22.8 Å². The number of rotatable bonds is 3. The molecule has 6 nitrogen and oxygen atoms in total. The Morgan fingerprint density at radius 3 is 2.78 bits per heavy atom. The third kappa shape index (κ3) is 4.37. The van der Waals surface area contributed by atoms with E-state index in [9.17, 15) is 4.79 Å². The van der Waals surface area contributed by atoms with E-state index in [1.165, 1.54) is 0 Å². The number of guanidine groups is 1. The first-order valence-corrected chi connectivity index (χ1v) is 8.55. The van der Waals surface area contributed by atoms with Gasteiger partial charge in [-0.1, -0.05) is 20.8 Å². The number of hydrogen-bond donors (Lipinski definition) is 2. The van der Waals surface area contributed by atoms with E-state index in [4.69, 9.17) is 4.74 Å². The first-order chi connectivity index (χ1) is 10.8. The lowest BCUT2D eigenvalue weighted by Crippen LogP contribution is -2.53. The standard InChI is InChI=1S/C17H32N4O2/c1-16(2,3)13(23-5)10-19-15(18-4)21-8-6-7-17(12-21)9-14(22)20-11-17/h13H,6-12H2,1-5H3,(H,18,19)(H,20,22). The van der Waals surface area contributed by atoms with E-state index >= 15 is 0 Å². The molecule has 0 aromatic heterocycles. The highest BCUT2D eigenvalue weighted by Gasteiger charge is 2.42. The molecule has 1 amide bonds. The normalized spacial score (nSPS) is 27.3. The molecule has 23 heavy (non-hydrogen) atoms. The summed E-state index contributed by atoms with van der Waals surface area (Å²) in [7, 11) is 3.58. The summed E-state index contributed by atoms with van der Waals surface area (Å²) in [5.41, 5.74) is 0.156. The average molecular weight is 324 g/mol. The summed E-state index contributed by atoms with van der Waals surface area (Å²) in [4.78, 5) is 18.4. The van der Waals surface area contributed by atoms with Gasteiger partial charge in [0, 0.05) is 52.2 Å². The van der Waals surface area contributed by atoms with Crippen LogP contribution in [0.15, 0.2) is 4.99 Å². The van der Waals surface area contributed by atoms with Gasteiger partial charge in [-0.05, 0) is 18.3 Å². The van der Waals surface area contributed by atoms with Crippen LogP contribution < -0.4 is 10.6 Å². The number of aliphatic imine (C=N–C) groups is 1. The zero-order valence-electron chi connectivity index (χ0n) is 15.2. The maximum Gasteiger partial charge on any atom is 0.220 e. The summed E-state index contributed by atoms with van der Waals surface area (Å²) >= 11 is 0. The van der Waals surface area contributed by atoms with Crippen LogP contribution in [0.2, 0.25) is 0 Å². The molecule has 6 heteroatoms. The molecule has 0 radical (unpaired) electrons. The van der Waals surface area contributed by atoms with E-state index in [1.54, 1.807) is 7.11 Å². The van der Waals surface area contributed by atoms with Crippen molar-refractivity contribution in [2.45, 2.75) is 46.1 Å². The average Bonchev–Trinajstić information content (AvgIpc) is 2.83. The molecule has 1 spiro atoms. The van der Waals surface area contributed by atoms with Crippen LogP contribution in [-0.2, 0) is 9.53 Å². The van der Waals surface area contributed by atoms with Crippen molar-refractivity contribution in [2.75, 3.05) is 40.3 Å². The first kappa shape index (κ1) is 18.0. The molecule has 2 saturated heterocycles. The fourth-order valence-electron chi connectivity index (χ4n) is 3.69. The van der Waals surface area contributed by atoms with Crippen LogP contribution in [0.3, 0.4) is 0 Å². The van der Waals surface area contributed by atoms with Gasteiger partial charge in [0.25, 0.3) is 0 Å². The van der Waals surface area contributed by atoms with Gasteiger partial charge in [0.05, 0.1) is 6.10 Å². The Bertz CT molecular complexity index is 458. The Morgan fingerprint density at radius 1 is 1.52 bits per heavy atom. The Hall–Kier alpha value is -1.30. The summed E-state index contributed by atoms with van der Waals surface area (Å²) in [6, 6.07) is 0. The molecule has 2 N–H and O–H groups in total. The van der Waals surface area contributed by atoms with Gasteiger partial charge in [0.1, 0.15) is 0 Å². The van der Waals surface area contributed by atoms with Gasteiger partial charge in [-0.2, -0.15) is 0 Å². The van der Waals surface area contributed by atoms with Crippen LogP contribution in [0.4, 0.5) is 0 Å². The minimum Gasteiger partial charge on any atom is -0.379 e. The van der Waals surface area contributed by atoms with Crippen molar-refractivity contribution in [3.8, 4) is 0 Å². The Labute approximate surface area is 140 Å². The highest BCUT2D eigenvalue weighted by molar-refractivity contribution is 5.81. The minimum atomic E-state index is 0.0749. The molecule has 0 saturated carbocycles. The summed E-state index contributed by atoms with van der Waals surface area (Å²) in [6.07, 6.45) is 2.97. The molecular weight excluding hydrogens is 292 g/mol. The fourth-order valence-corrected chi connectivity index (χ4v) is 3.69. The second-order valence-electron chi connectivity index (χ2n) is 8.00. The van der Waals surface area contributed by atoms with E-state index < -0.39 is 0 Å². The largest absolute Gasteiger partial charge is 0.379 e. The number of hydrogen-bond acceptors (Lipinski definition) is 3. The second kappa shape index (κ2) is 7.07. The highest BCUT2D eigenvalue weighted by Crippen LogP contribution is 2.36. The molecule has 2 aliphatic heterocycles. The van der Waals surface area contributed by atoms with Gasteiger partial charge in [-0.3, -0.25) is 9.79 Å². The molecule has 0 aliphatic carbocycles. The van der Waals surface area contributed by atoms with E-state index in [0.717, 1.165) is 45.0 Å². The zero-order valence-corrected chi connectivity index (χ0v) is 15.2. The van der Waals surface area contributed by atoms with Crippen LogP contribution in [0.25, 0.3) is 0 Å². The summed E-state index contributed by atoms with van der Waals surface area (Å²) in [6.45, 7) is 9.93. The van der Waals surface area contributed by atoms with Gasteiger partial charge in [0.15, 0.2) is 5.96 Å². The summed E-state index contributed by atoms with van der Waals surface area (Å²) in [5, 5.41) is 6.45. The number of nitrogens with one attached hydrogen (secondary N) is 2. The summed E-state index contributed by atoms with van der Waals surface area (Å²) in [5.74, 6) is 1.09. The lowest BCUT2D eigenvalue weighted by atomic mass is 9.79. The quantitative estimate of drug-likeness (QED) is 0.605. The maximum atomic E-state index is 11.6. The lowest BCUT2D eigenvalue weighted by molar-refractivity contribution is -0.119. The molecule has 0 bridgehead atoms. The van der Waals surface area contributed by atoms with Crippen molar-refractivity contribution in [1.82, 2.24) is 15.5 Å². The van der Waals surface area contributed by atoms with Crippen molar-refractivity contribution in [1.29, 1.82) is 0 Å². The molecule has 2 atom stereocenters. The number of nitrogens with zero attached hydrogens (tertiary/aromatic N) is 2. The molecule has 2 fully saturated rings. The van der Waals surface area contributed by atoms with Gasteiger partial charge in [-0.25, -0.2) is 0 Å². The second-order valence-corrected chi connectivity index (χ2v) is 8.00. The number of carbonyl (C=O) groups is 1. The van der Waals surface area contributed by atoms with Crippen LogP contribution >= 0.6 is 0 Å². The van der Waals surface area contributed by atoms with Crippen LogP contribution in [-0.4, -0.2) is 63.2 Å². The Balaban J connectivity index is 1.97. The number of carbonyl (C=O) groups excluding carboxylic acids is 1. The molecule has 2 heterocycles. The Morgan fingerprint density at radius 2 is 2.26 bits per heavy atom. The lowest BCUT2D eigenvalue weighted by Gasteiger charge is -2.41. The van der Waals surface area contributed by atoms with E-state index in [2.05, 4.69) is 41.3 Å². The van der Waals surface area contributed by atoms with E-state index in [1.807, 2.05) is 7.05 Å². The molecule has 0 aromatic rings. The molecule has 2 rings (SSSR count). The SMILES string of the molecule is CN=C(NCC(OC)C(C)(C)C)N1CCCC2(CNC(=O)C2)C1. The van der Waals surface area contributed by atoms with Crippen molar-refractivity contribution < 1.29 is 9.53 Å². The van der Waals surface area contributed by atoms with Gasteiger partial charge >= 0.3 is 0 Å². The fraction of sp³-hybridized carbons (Fsp3) is 0.882. The number of piperidine rings is 1. The smallest absolute Gasteiger partial charge is 0.220 e. The van der Waals surface area contributed by atoms with Gasteiger partial charge in [0.2, 0.25) is 5.91 Å². The molecular formula is C17H32N4O2. The van der Waals surface area contributed by atoms with Gasteiger partial charge in [-0.15, -0.1) is 0 Å². The van der Waals surface area contributed by atoms with Crippen LogP contribution in [0.1, 0.15) is 40.0 Å². The molecule has 132 valence electrons. The topological polar surface area (TPSA) is 66.0 Å². The predicted molar refractivity (Wildman–Crippen MR) is 92.5 cm³/mol. The number of amides is 1. The number of methoxy groups -OCH3 is 1. The number of likely N-dealkylation sites (tertiary alicyclic amines) is 1. The molecule has 2 aliphatic rings. The van der Waals surface area contributed by atoms with Crippen LogP contribution in [0, 0.1) is 10.8 Å². The van der Waals surface area contributed by atoms with Crippen molar-refractivity contribution in [3.05, 3.63) is 0 Å². The van der Waals surface area contributed by atoms with Crippen LogP contribution in [0.5, 0.6) is 0 Å². The first-order valence-electron chi connectivity index (χ1n) is 8.55. The maximum absolute atomic E-state index is 11.6.